The van der Waals surface area contributed by atoms with Crippen molar-refractivity contribution in [3.05, 3.63) is 54.2 Å². The van der Waals surface area contributed by atoms with Crippen molar-refractivity contribution >= 4 is 21.6 Å². The first-order chi connectivity index (χ1) is 15.3. The summed E-state index contributed by atoms with van der Waals surface area (Å²) in [7, 11) is -3.87. The predicted molar refractivity (Wildman–Crippen MR) is 118 cm³/mol. The molecule has 168 valence electrons. The molecule has 3 heterocycles. The van der Waals surface area contributed by atoms with Gasteiger partial charge in [0.25, 0.3) is 0 Å². The van der Waals surface area contributed by atoms with Crippen molar-refractivity contribution in [3.8, 4) is 11.4 Å². The van der Waals surface area contributed by atoms with Crippen molar-refractivity contribution in [1.29, 1.82) is 0 Å². The number of carbonyl (C=O) groups is 1. The number of nitrogens with zero attached hydrogens (tertiary/aromatic N) is 4. The van der Waals surface area contributed by atoms with E-state index >= 15 is 0 Å². The molecule has 10 heteroatoms. The zero-order valence-electron chi connectivity index (χ0n) is 18.1. The lowest BCUT2D eigenvalue weighted by atomic mass is 10.0. The minimum atomic E-state index is -3.87. The van der Waals surface area contributed by atoms with Crippen LogP contribution in [0.1, 0.15) is 44.7 Å². The van der Waals surface area contributed by atoms with Gasteiger partial charge in [0.1, 0.15) is 6.04 Å². The molecule has 1 aromatic carbocycles. The molecular formula is C22H25N5O4S. The molecule has 32 heavy (non-hydrogen) atoms. The van der Waals surface area contributed by atoms with Crippen LogP contribution in [0, 0.1) is 5.92 Å². The molecule has 0 saturated heterocycles. The summed E-state index contributed by atoms with van der Waals surface area (Å²) >= 11 is 0. The van der Waals surface area contributed by atoms with Crippen LogP contribution < -0.4 is 9.62 Å². The van der Waals surface area contributed by atoms with Crippen molar-refractivity contribution in [2.24, 2.45) is 5.92 Å². The summed E-state index contributed by atoms with van der Waals surface area (Å²) < 4.78 is 34.5. The number of carbonyl (C=O) groups excluding carboxylic acids is 1. The number of aryl methyl sites for hydroxylation is 1. The first kappa shape index (κ1) is 22.1. The highest BCUT2D eigenvalue weighted by molar-refractivity contribution is 7.89. The second kappa shape index (κ2) is 8.79. The number of anilines is 1. The average Bonchev–Trinajstić information content (AvgIpc) is 3.27. The molecule has 0 aliphatic carbocycles. The molecule has 1 aliphatic rings. The Morgan fingerprint density at radius 1 is 1.19 bits per heavy atom. The minimum absolute atomic E-state index is 0.0547. The molecule has 0 bridgehead atoms. The fourth-order valence-corrected chi connectivity index (χ4v) is 5.14. The molecule has 1 amide bonds. The summed E-state index contributed by atoms with van der Waals surface area (Å²) in [6.07, 6.45) is 4.75. The molecule has 2 aromatic heterocycles. The number of amides is 1. The van der Waals surface area contributed by atoms with E-state index in [1.54, 1.807) is 41.6 Å². The molecule has 1 atom stereocenters. The Morgan fingerprint density at radius 3 is 2.62 bits per heavy atom. The third kappa shape index (κ3) is 4.42. The summed E-state index contributed by atoms with van der Waals surface area (Å²) in [5, 5.41) is 3.99. The van der Waals surface area contributed by atoms with Crippen LogP contribution in [0.2, 0.25) is 0 Å². The van der Waals surface area contributed by atoms with Gasteiger partial charge < -0.3 is 9.42 Å². The molecular weight excluding hydrogens is 430 g/mol. The zero-order valence-corrected chi connectivity index (χ0v) is 19.0. The van der Waals surface area contributed by atoms with E-state index in [1.165, 1.54) is 13.0 Å². The largest absolute Gasteiger partial charge is 0.337 e. The van der Waals surface area contributed by atoms with E-state index in [1.807, 2.05) is 13.8 Å². The van der Waals surface area contributed by atoms with Crippen LogP contribution in [-0.2, 0) is 21.2 Å². The van der Waals surface area contributed by atoms with Crippen LogP contribution in [0.15, 0.2) is 52.1 Å². The zero-order chi connectivity index (χ0) is 22.9. The van der Waals surface area contributed by atoms with Gasteiger partial charge in [-0.3, -0.25) is 9.78 Å². The second-order valence-electron chi connectivity index (χ2n) is 8.10. The Bertz CT molecular complexity index is 1220. The number of aromatic nitrogens is 3. The van der Waals surface area contributed by atoms with Gasteiger partial charge in [0.05, 0.1) is 4.90 Å². The highest BCUT2D eigenvalue weighted by Gasteiger charge is 2.30. The van der Waals surface area contributed by atoms with E-state index in [0.717, 1.165) is 29.7 Å². The first-order valence-corrected chi connectivity index (χ1v) is 11.9. The minimum Gasteiger partial charge on any atom is -0.337 e. The van der Waals surface area contributed by atoms with Gasteiger partial charge >= 0.3 is 0 Å². The van der Waals surface area contributed by atoms with Crippen LogP contribution in [-0.4, -0.2) is 36.0 Å². The average molecular weight is 456 g/mol. The van der Waals surface area contributed by atoms with Crippen molar-refractivity contribution in [1.82, 2.24) is 19.8 Å². The molecule has 1 N–H and O–H groups in total. The van der Waals surface area contributed by atoms with Gasteiger partial charge in [-0.05, 0) is 54.7 Å². The lowest BCUT2D eigenvalue weighted by Gasteiger charge is -2.29. The van der Waals surface area contributed by atoms with Gasteiger partial charge in [-0.2, -0.15) is 9.71 Å². The fourth-order valence-electron chi connectivity index (χ4n) is 3.75. The van der Waals surface area contributed by atoms with Gasteiger partial charge in [0.2, 0.25) is 27.6 Å². The molecule has 1 aliphatic heterocycles. The number of fused-ring (bicyclic) bond motifs is 1. The van der Waals surface area contributed by atoms with Crippen molar-refractivity contribution in [3.63, 3.8) is 0 Å². The number of pyridine rings is 1. The van der Waals surface area contributed by atoms with E-state index in [-0.39, 0.29) is 22.6 Å². The molecule has 4 rings (SSSR count). The SMILES string of the molecule is CC(=O)N1CCCc2cc(S(=O)(=O)NC(c3nc(-c4ccncc4)no3)C(C)C)ccc21. The maximum Gasteiger partial charge on any atom is 0.245 e. The van der Waals surface area contributed by atoms with Gasteiger partial charge in [-0.25, -0.2) is 8.42 Å². The van der Waals surface area contributed by atoms with Gasteiger partial charge in [-0.1, -0.05) is 19.0 Å². The van der Waals surface area contributed by atoms with Gasteiger partial charge in [-0.15, -0.1) is 0 Å². The maximum atomic E-state index is 13.2. The number of rotatable bonds is 6. The van der Waals surface area contributed by atoms with Crippen LogP contribution in [0.4, 0.5) is 5.69 Å². The number of sulfonamides is 1. The van der Waals surface area contributed by atoms with Crippen LogP contribution >= 0.6 is 0 Å². The molecule has 0 spiro atoms. The monoisotopic (exact) mass is 455 g/mol. The van der Waals surface area contributed by atoms with Crippen molar-refractivity contribution in [2.45, 2.75) is 44.6 Å². The van der Waals surface area contributed by atoms with Gasteiger partial charge in [0.15, 0.2) is 0 Å². The Labute approximate surface area is 186 Å². The summed E-state index contributed by atoms with van der Waals surface area (Å²) in [5.41, 5.74) is 2.33. The molecule has 1 unspecified atom stereocenters. The Hall–Kier alpha value is -3.11. The van der Waals surface area contributed by atoms with Crippen LogP contribution in [0.5, 0.6) is 0 Å². The second-order valence-corrected chi connectivity index (χ2v) is 9.81. The van der Waals surface area contributed by atoms with Crippen molar-refractivity contribution in [2.75, 3.05) is 11.4 Å². The summed E-state index contributed by atoms with van der Waals surface area (Å²) in [6.45, 7) is 5.90. The predicted octanol–water partition coefficient (Wildman–Crippen LogP) is 3.11. The number of hydrogen-bond acceptors (Lipinski definition) is 7. The molecule has 0 fully saturated rings. The Balaban J connectivity index is 1.61. The topological polar surface area (TPSA) is 118 Å². The van der Waals surface area contributed by atoms with Crippen LogP contribution in [0.25, 0.3) is 11.4 Å². The van der Waals surface area contributed by atoms with E-state index in [9.17, 15) is 13.2 Å². The van der Waals surface area contributed by atoms with E-state index in [0.29, 0.717) is 12.4 Å². The Morgan fingerprint density at radius 2 is 1.94 bits per heavy atom. The van der Waals surface area contributed by atoms with Crippen LogP contribution in [0.3, 0.4) is 0 Å². The highest BCUT2D eigenvalue weighted by atomic mass is 32.2. The number of benzene rings is 1. The fraction of sp³-hybridized carbons (Fsp3) is 0.364. The lowest BCUT2D eigenvalue weighted by Crippen LogP contribution is -2.34. The number of nitrogens with one attached hydrogen (secondary N) is 1. The smallest absolute Gasteiger partial charge is 0.245 e. The highest BCUT2D eigenvalue weighted by Crippen LogP contribution is 2.31. The third-order valence-corrected chi connectivity index (χ3v) is 6.89. The standard InChI is InChI=1S/C22H25N5O4S/c1-14(2)20(22-24-21(25-31-22)16-8-10-23-11-9-16)26-32(29,30)18-6-7-19-17(13-18)5-4-12-27(19)15(3)28/h6-11,13-14,20,26H,4-5,12H2,1-3H3. The quantitative estimate of drug-likeness (QED) is 0.607. The molecule has 0 radical (unpaired) electrons. The van der Waals surface area contributed by atoms with E-state index in [2.05, 4.69) is 19.8 Å². The molecule has 3 aromatic rings. The summed E-state index contributed by atoms with van der Waals surface area (Å²) in [5.74, 6) is 0.365. The summed E-state index contributed by atoms with van der Waals surface area (Å²) in [4.78, 5) is 22.1. The third-order valence-electron chi connectivity index (χ3n) is 5.46. The lowest BCUT2D eigenvalue weighted by molar-refractivity contribution is -0.116. The van der Waals surface area contributed by atoms with Gasteiger partial charge in [0, 0.05) is 37.1 Å². The van der Waals surface area contributed by atoms with Crippen molar-refractivity contribution < 1.29 is 17.7 Å². The van der Waals surface area contributed by atoms with E-state index in [4.69, 9.17) is 4.52 Å². The maximum absolute atomic E-state index is 13.2. The molecule has 9 nitrogen and oxygen atoms in total. The normalized spacial score (nSPS) is 14.9. The number of hydrogen-bond donors (Lipinski definition) is 1. The summed E-state index contributed by atoms with van der Waals surface area (Å²) in [6, 6.07) is 7.66. The molecule has 0 saturated carbocycles. The first-order valence-electron chi connectivity index (χ1n) is 10.4. The Kier molecular flexibility index (Phi) is 6.07. The van der Waals surface area contributed by atoms with E-state index < -0.39 is 16.1 Å².